The van der Waals surface area contributed by atoms with Crippen LogP contribution < -0.4 is 10.5 Å². The summed E-state index contributed by atoms with van der Waals surface area (Å²) in [5.41, 5.74) is 3.87. The molecule has 1 aliphatic carbocycles. The minimum atomic E-state index is -0.129. The number of hydrogen-bond donors (Lipinski definition) is 1. The Hall–Kier alpha value is -3.76. The molecule has 1 aromatic carbocycles. The lowest BCUT2D eigenvalue weighted by Gasteiger charge is -2.37. The summed E-state index contributed by atoms with van der Waals surface area (Å²) in [4.78, 5) is 36.5. The molecule has 154 valence electrons. The number of aromatic amines is 1. The van der Waals surface area contributed by atoms with Crippen LogP contribution in [-0.4, -0.2) is 46.5 Å². The van der Waals surface area contributed by atoms with E-state index in [9.17, 15) is 9.59 Å². The highest BCUT2D eigenvalue weighted by atomic mass is 16.2. The number of rotatable bonds is 3. The first kappa shape index (κ1) is 19.2. The van der Waals surface area contributed by atoms with E-state index in [-0.39, 0.29) is 17.5 Å². The number of anilines is 1. The SMILES string of the molecule is N#Cc1ccc(N2CCN(C3C=C(c4cc5ncccc5c(=O)[nH]4)CC3)CC2=O)cc1. The number of pyridine rings is 2. The smallest absolute Gasteiger partial charge is 0.257 e. The zero-order valence-corrected chi connectivity index (χ0v) is 16.9. The first-order chi connectivity index (χ1) is 15.1. The number of amides is 1. The molecule has 1 amide bonds. The van der Waals surface area contributed by atoms with Gasteiger partial charge < -0.3 is 9.88 Å². The second-order valence-corrected chi connectivity index (χ2v) is 7.92. The van der Waals surface area contributed by atoms with Crippen molar-refractivity contribution in [2.45, 2.75) is 18.9 Å². The van der Waals surface area contributed by atoms with Crippen molar-refractivity contribution in [2.75, 3.05) is 24.5 Å². The molecule has 1 unspecified atom stereocenters. The summed E-state index contributed by atoms with van der Waals surface area (Å²) in [5, 5.41) is 9.54. The molecular formula is C24H21N5O2. The summed E-state index contributed by atoms with van der Waals surface area (Å²) >= 11 is 0. The predicted octanol–water partition coefficient (Wildman–Crippen LogP) is 2.69. The van der Waals surface area contributed by atoms with E-state index < -0.39 is 0 Å². The monoisotopic (exact) mass is 411 g/mol. The molecule has 7 nitrogen and oxygen atoms in total. The van der Waals surface area contributed by atoms with Crippen LogP contribution >= 0.6 is 0 Å². The van der Waals surface area contributed by atoms with E-state index in [0.29, 0.717) is 29.6 Å². The topological polar surface area (TPSA) is 93.1 Å². The second kappa shape index (κ2) is 7.82. The highest BCUT2D eigenvalue weighted by molar-refractivity contribution is 5.95. The highest BCUT2D eigenvalue weighted by Crippen LogP contribution is 2.31. The van der Waals surface area contributed by atoms with Gasteiger partial charge in [-0.2, -0.15) is 5.26 Å². The van der Waals surface area contributed by atoms with Gasteiger partial charge in [-0.3, -0.25) is 19.5 Å². The number of allylic oxidation sites excluding steroid dienone is 1. The number of piperazine rings is 1. The third-order valence-electron chi connectivity index (χ3n) is 6.09. The number of nitrogens with one attached hydrogen (secondary N) is 1. The van der Waals surface area contributed by atoms with Crippen molar-refractivity contribution in [1.82, 2.24) is 14.9 Å². The molecule has 5 rings (SSSR count). The van der Waals surface area contributed by atoms with Gasteiger partial charge >= 0.3 is 0 Å². The number of nitriles is 1. The summed E-state index contributed by atoms with van der Waals surface area (Å²) in [6.45, 7) is 1.74. The van der Waals surface area contributed by atoms with Gasteiger partial charge in [0, 0.05) is 36.7 Å². The van der Waals surface area contributed by atoms with E-state index >= 15 is 0 Å². The van der Waals surface area contributed by atoms with Crippen molar-refractivity contribution >= 4 is 28.1 Å². The maximum Gasteiger partial charge on any atom is 0.257 e. The third-order valence-corrected chi connectivity index (χ3v) is 6.09. The van der Waals surface area contributed by atoms with Gasteiger partial charge in [-0.05, 0) is 60.9 Å². The third kappa shape index (κ3) is 3.62. The maximum atomic E-state index is 12.8. The molecule has 2 aromatic heterocycles. The number of carbonyl (C=O) groups is 1. The van der Waals surface area contributed by atoms with Gasteiger partial charge in [0.2, 0.25) is 5.91 Å². The summed E-state index contributed by atoms with van der Waals surface area (Å²) in [5.74, 6) is 0.0566. The van der Waals surface area contributed by atoms with Crippen LogP contribution in [0.25, 0.3) is 16.5 Å². The van der Waals surface area contributed by atoms with E-state index in [0.717, 1.165) is 36.3 Å². The van der Waals surface area contributed by atoms with Crippen LogP contribution in [0, 0.1) is 11.3 Å². The lowest BCUT2D eigenvalue weighted by Crippen LogP contribution is -2.53. The van der Waals surface area contributed by atoms with Gasteiger partial charge in [-0.25, -0.2) is 0 Å². The Kier molecular flexibility index (Phi) is 4.85. The quantitative estimate of drug-likeness (QED) is 0.715. The summed E-state index contributed by atoms with van der Waals surface area (Å²) in [6, 6.07) is 14.9. The molecule has 3 aromatic rings. The number of carbonyl (C=O) groups excluding carboxylic acids is 1. The molecule has 31 heavy (non-hydrogen) atoms. The number of aromatic nitrogens is 2. The Labute approximate surface area is 179 Å². The molecule has 7 heteroatoms. The van der Waals surface area contributed by atoms with Crippen molar-refractivity contribution in [2.24, 2.45) is 0 Å². The van der Waals surface area contributed by atoms with Crippen LogP contribution in [0.5, 0.6) is 0 Å². The first-order valence-corrected chi connectivity index (χ1v) is 10.4. The molecule has 1 saturated heterocycles. The molecule has 1 N–H and O–H groups in total. The van der Waals surface area contributed by atoms with Gasteiger partial charge in [0.15, 0.2) is 0 Å². The number of fused-ring (bicyclic) bond motifs is 1. The molecule has 2 aliphatic rings. The van der Waals surface area contributed by atoms with E-state index in [2.05, 4.69) is 27.0 Å². The summed E-state index contributed by atoms with van der Waals surface area (Å²) in [7, 11) is 0. The summed E-state index contributed by atoms with van der Waals surface area (Å²) < 4.78 is 0. The Morgan fingerprint density at radius 3 is 2.74 bits per heavy atom. The van der Waals surface area contributed by atoms with E-state index in [4.69, 9.17) is 5.26 Å². The standard InChI is InChI=1S/C24H21N5O2/c25-14-16-3-6-18(7-4-16)29-11-10-28(15-23(29)30)19-8-5-17(12-19)21-13-22-20(24(31)27-21)2-1-9-26-22/h1-4,6-7,9,12-13,19H,5,8,10-11,15H2,(H,27,31). The number of nitrogens with zero attached hydrogens (tertiary/aromatic N) is 4. The zero-order chi connectivity index (χ0) is 21.4. The van der Waals surface area contributed by atoms with Crippen LogP contribution in [0.4, 0.5) is 5.69 Å². The number of benzene rings is 1. The molecule has 0 bridgehead atoms. The zero-order valence-electron chi connectivity index (χ0n) is 16.9. The van der Waals surface area contributed by atoms with Gasteiger partial charge in [0.25, 0.3) is 5.56 Å². The second-order valence-electron chi connectivity index (χ2n) is 7.92. The average Bonchev–Trinajstić information content (AvgIpc) is 3.30. The fraction of sp³-hybridized carbons (Fsp3) is 0.250. The minimum Gasteiger partial charge on any atom is -0.322 e. The van der Waals surface area contributed by atoms with Gasteiger partial charge in [-0.1, -0.05) is 6.08 Å². The summed E-state index contributed by atoms with van der Waals surface area (Å²) in [6.07, 6.45) is 5.63. The van der Waals surface area contributed by atoms with Crippen molar-refractivity contribution in [3.63, 3.8) is 0 Å². The average molecular weight is 411 g/mol. The van der Waals surface area contributed by atoms with Gasteiger partial charge in [0.1, 0.15) is 0 Å². The molecule has 1 aliphatic heterocycles. The van der Waals surface area contributed by atoms with E-state index in [1.165, 1.54) is 0 Å². The van der Waals surface area contributed by atoms with Crippen LogP contribution in [0.1, 0.15) is 24.1 Å². The minimum absolute atomic E-state index is 0.0566. The molecule has 0 radical (unpaired) electrons. The number of hydrogen-bond acceptors (Lipinski definition) is 5. The Balaban J connectivity index is 1.32. The lowest BCUT2D eigenvalue weighted by atomic mass is 10.1. The molecule has 1 fully saturated rings. The van der Waals surface area contributed by atoms with Crippen LogP contribution in [0.15, 0.2) is 59.5 Å². The highest BCUT2D eigenvalue weighted by Gasteiger charge is 2.31. The van der Waals surface area contributed by atoms with Gasteiger partial charge in [-0.15, -0.1) is 0 Å². The molecular weight excluding hydrogens is 390 g/mol. The van der Waals surface area contributed by atoms with Crippen molar-refractivity contribution in [1.29, 1.82) is 5.26 Å². The van der Waals surface area contributed by atoms with Crippen LogP contribution in [0.2, 0.25) is 0 Å². The largest absolute Gasteiger partial charge is 0.322 e. The molecule has 1 atom stereocenters. The Bertz CT molecular complexity index is 1290. The maximum absolute atomic E-state index is 12.8. The van der Waals surface area contributed by atoms with Crippen molar-refractivity contribution < 1.29 is 4.79 Å². The molecule has 0 spiro atoms. The molecule has 0 saturated carbocycles. The fourth-order valence-electron chi connectivity index (χ4n) is 4.44. The Morgan fingerprint density at radius 2 is 1.97 bits per heavy atom. The molecule has 3 heterocycles. The van der Waals surface area contributed by atoms with Crippen LogP contribution in [-0.2, 0) is 4.79 Å². The normalized spacial score (nSPS) is 19.5. The van der Waals surface area contributed by atoms with Crippen LogP contribution in [0.3, 0.4) is 0 Å². The number of H-pyrrole nitrogens is 1. The van der Waals surface area contributed by atoms with Crippen molar-refractivity contribution in [3.8, 4) is 6.07 Å². The fourth-order valence-corrected chi connectivity index (χ4v) is 4.44. The van der Waals surface area contributed by atoms with E-state index in [1.54, 1.807) is 35.4 Å². The predicted molar refractivity (Wildman–Crippen MR) is 118 cm³/mol. The first-order valence-electron chi connectivity index (χ1n) is 10.4. The van der Waals surface area contributed by atoms with E-state index in [1.807, 2.05) is 18.2 Å². The van der Waals surface area contributed by atoms with Crippen molar-refractivity contribution in [3.05, 3.63) is 76.3 Å². The lowest BCUT2D eigenvalue weighted by molar-refractivity contribution is -0.121. The van der Waals surface area contributed by atoms with Gasteiger partial charge in [0.05, 0.1) is 29.1 Å². The Morgan fingerprint density at radius 1 is 1.13 bits per heavy atom.